The molecule has 0 aliphatic carbocycles. The maximum Gasteiger partial charge on any atom is 0.119 e. The van der Waals surface area contributed by atoms with Crippen molar-refractivity contribution >= 4 is 5.69 Å². The smallest absolute Gasteiger partial charge is 0.119 e. The Balaban J connectivity index is 1.38. The lowest BCUT2D eigenvalue weighted by Gasteiger charge is -2.28. The summed E-state index contributed by atoms with van der Waals surface area (Å²) in [6.45, 7) is 5.10. The first-order chi connectivity index (χ1) is 17.3. The van der Waals surface area contributed by atoms with Crippen LogP contribution in [0.5, 0.6) is 5.75 Å². The van der Waals surface area contributed by atoms with E-state index in [-0.39, 0.29) is 0 Å². The molecular formula is C30H34N4O. The number of nitrogens with zero attached hydrogens (tertiary/aromatic N) is 4. The van der Waals surface area contributed by atoms with Gasteiger partial charge in [-0.05, 0) is 79.0 Å². The standard InChI is InChI=1S/C30H34N4O/c1-35-30-10-6-8-27(20-30)23-34(22-26-7-5-9-29(19-26)33-18-15-31-24-33)28-13-11-25(12-14-28)21-32-16-3-2-4-17-32/h5-15,18-20,24H,2-4,16-17,21-23H2,1H3. The van der Waals surface area contributed by atoms with Gasteiger partial charge in [-0.3, -0.25) is 4.90 Å². The van der Waals surface area contributed by atoms with E-state index in [2.05, 4.69) is 81.5 Å². The molecule has 35 heavy (non-hydrogen) atoms. The van der Waals surface area contributed by atoms with E-state index in [1.54, 1.807) is 7.11 Å². The molecule has 0 radical (unpaired) electrons. The second kappa shape index (κ2) is 11.2. The average molecular weight is 467 g/mol. The minimum absolute atomic E-state index is 0.804. The molecule has 0 spiro atoms. The first-order valence-corrected chi connectivity index (χ1v) is 12.5. The number of hydrogen-bond donors (Lipinski definition) is 0. The summed E-state index contributed by atoms with van der Waals surface area (Å²) in [4.78, 5) is 9.21. The van der Waals surface area contributed by atoms with Crippen LogP contribution in [0.4, 0.5) is 5.69 Å². The van der Waals surface area contributed by atoms with Crippen LogP contribution in [-0.4, -0.2) is 34.7 Å². The minimum Gasteiger partial charge on any atom is -0.497 e. The van der Waals surface area contributed by atoms with Gasteiger partial charge in [0.2, 0.25) is 0 Å². The summed E-state index contributed by atoms with van der Waals surface area (Å²) in [5.74, 6) is 0.890. The third-order valence-electron chi connectivity index (χ3n) is 6.75. The van der Waals surface area contributed by atoms with Crippen LogP contribution in [0, 0.1) is 0 Å². The molecular weight excluding hydrogens is 432 g/mol. The molecule has 5 nitrogen and oxygen atoms in total. The SMILES string of the molecule is COc1cccc(CN(Cc2cccc(-n3ccnc3)c2)c2ccc(CN3CCCCC3)cc2)c1. The van der Waals surface area contributed by atoms with E-state index >= 15 is 0 Å². The number of ether oxygens (including phenoxy) is 1. The van der Waals surface area contributed by atoms with Crippen LogP contribution in [0.1, 0.15) is 36.0 Å². The lowest BCUT2D eigenvalue weighted by molar-refractivity contribution is 0.221. The van der Waals surface area contributed by atoms with Gasteiger partial charge in [0.25, 0.3) is 0 Å². The lowest BCUT2D eigenvalue weighted by Crippen LogP contribution is -2.29. The van der Waals surface area contributed by atoms with E-state index < -0.39 is 0 Å². The number of imidazole rings is 1. The van der Waals surface area contributed by atoms with Crippen LogP contribution in [-0.2, 0) is 19.6 Å². The predicted molar refractivity (Wildman–Crippen MR) is 142 cm³/mol. The summed E-state index contributed by atoms with van der Waals surface area (Å²) in [5, 5.41) is 0. The molecule has 0 bridgehead atoms. The summed E-state index contributed by atoms with van der Waals surface area (Å²) in [7, 11) is 1.72. The van der Waals surface area contributed by atoms with E-state index in [9.17, 15) is 0 Å². The molecule has 4 aromatic rings. The number of benzene rings is 3. The molecule has 1 aliphatic heterocycles. The number of rotatable bonds is 9. The Labute approximate surface area is 208 Å². The summed E-state index contributed by atoms with van der Waals surface area (Å²) >= 11 is 0. The molecule has 5 heteroatoms. The summed E-state index contributed by atoms with van der Waals surface area (Å²) in [5.41, 5.74) is 6.23. The van der Waals surface area contributed by atoms with Crippen LogP contribution in [0.3, 0.4) is 0 Å². The van der Waals surface area contributed by atoms with E-state index in [4.69, 9.17) is 4.74 Å². The highest BCUT2D eigenvalue weighted by Gasteiger charge is 2.13. The topological polar surface area (TPSA) is 33.5 Å². The van der Waals surface area contributed by atoms with Gasteiger partial charge in [-0.25, -0.2) is 4.98 Å². The number of anilines is 1. The van der Waals surface area contributed by atoms with E-state index in [0.29, 0.717) is 0 Å². The molecule has 2 heterocycles. The molecule has 1 aliphatic rings. The number of hydrogen-bond acceptors (Lipinski definition) is 4. The van der Waals surface area contributed by atoms with Gasteiger partial charge < -0.3 is 14.2 Å². The number of methoxy groups -OCH3 is 1. The van der Waals surface area contributed by atoms with Crippen LogP contribution in [0.15, 0.2) is 91.5 Å². The molecule has 0 amide bonds. The molecule has 1 fully saturated rings. The van der Waals surface area contributed by atoms with Gasteiger partial charge in [0.15, 0.2) is 0 Å². The van der Waals surface area contributed by atoms with Crippen LogP contribution in [0.2, 0.25) is 0 Å². The fourth-order valence-corrected chi connectivity index (χ4v) is 4.87. The van der Waals surface area contributed by atoms with Crippen LogP contribution >= 0.6 is 0 Å². The fraction of sp³-hybridized carbons (Fsp3) is 0.300. The number of piperidine rings is 1. The van der Waals surface area contributed by atoms with Crippen LogP contribution in [0.25, 0.3) is 5.69 Å². The highest BCUT2D eigenvalue weighted by molar-refractivity contribution is 5.50. The van der Waals surface area contributed by atoms with Gasteiger partial charge in [0, 0.05) is 43.4 Å². The Morgan fingerprint density at radius 1 is 0.829 bits per heavy atom. The quantitative estimate of drug-likeness (QED) is 0.300. The Bertz CT molecular complexity index is 1200. The third kappa shape index (κ3) is 6.11. The monoisotopic (exact) mass is 466 g/mol. The van der Waals surface area contributed by atoms with E-state index in [1.165, 1.54) is 54.7 Å². The van der Waals surface area contributed by atoms with Crippen molar-refractivity contribution in [3.05, 3.63) is 108 Å². The van der Waals surface area contributed by atoms with Crippen molar-refractivity contribution in [1.29, 1.82) is 0 Å². The van der Waals surface area contributed by atoms with Crippen molar-refractivity contribution in [2.75, 3.05) is 25.1 Å². The fourth-order valence-electron chi connectivity index (χ4n) is 4.87. The van der Waals surface area contributed by atoms with Crippen molar-refractivity contribution in [2.24, 2.45) is 0 Å². The largest absolute Gasteiger partial charge is 0.497 e. The van der Waals surface area contributed by atoms with Crippen molar-refractivity contribution in [1.82, 2.24) is 14.5 Å². The normalized spacial score (nSPS) is 14.1. The molecule has 180 valence electrons. The van der Waals surface area contributed by atoms with Crippen molar-refractivity contribution < 1.29 is 4.74 Å². The van der Waals surface area contributed by atoms with Gasteiger partial charge in [0.05, 0.1) is 13.4 Å². The second-order valence-corrected chi connectivity index (χ2v) is 9.35. The predicted octanol–water partition coefficient (Wildman–Crippen LogP) is 6.07. The van der Waals surface area contributed by atoms with Gasteiger partial charge in [-0.2, -0.15) is 0 Å². The maximum absolute atomic E-state index is 5.47. The van der Waals surface area contributed by atoms with Gasteiger partial charge in [-0.1, -0.05) is 42.8 Å². The third-order valence-corrected chi connectivity index (χ3v) is 6.75. The zero-order valence-corrected chi connectivity index (χ0v) is 20.5. The highest BCUT2D eigenvalue weighted by atomic mass is 16.5. The van der Waals surface area contributed by atoms with E-state index in [1.807, 2.05) is 29.4 Å². The van der Waals surface area contributed by atoms with Crippen LogP contribution < -0.4 is 9.64 Å². The molecule has 0 saturated carbocycles. The zero-order valence-electron chi connectivity index (χ0n) is 20.5. The first-order valence-electron chi connectivity index (χ1n) is 12.5. The zero-order chi connectivity index (χ0) is 23.9. The Morgan fingerprint density at radius 2 is 1.57 bits per heavy atom. The Hall–Kier alpha value is -3.57. The van der Waals surface area contributed by atoms with Crippen molar-refractivity contribution in [3.63, 3.8) is 0 Å². The van der Waals surface area contributed by atoms with Crippen molar-refractivity contribution in [3.8, 4) is 11.4 Å². The number of likely N-dealkylation sites (tertiary alicyclic amines) is 1. The Morgan fingerprint density at radius 3 is 2.29 bits per heavy atom. The molecule has 5 rings (SSSR count). The second-order valence-electron chi connectivity index (χ2n) is 9.35. The molecule has 3 aromatic carbocycles. The molecule has 1 aromatic heterocycles. The van der Waals surface area contributed by atoms with Gasteiger partial charge in [0.1, 0.15) is 5.75 Å². The maximum atomic E-state index is 5.47. The van der Waals surface area contributed by atoms with Crippen molar-refractivity contribution in [2.45, 2.75) is 38.9 Å². The summed E-state index contributed by atoms with van der Waals surface area (Å²) in [6.07, 6.45) is 9.65. The first kappa shape index (κ1) is 23.2. The molecule has 1 saturated heterocycles. The summed E-state index contributed by atoms with van der Waals surface area (Å²) in [6, 6.07) is 26.2. The summed E-state index contributed by atoms with van der Waals surface area (Å²) < 4.78 is 7.52. The van der Waals surface area contributed by atoms with Gasteiger partial charge >= 0.3 is 0 Å². The molecule has 0 unspecified atom stereocenters. The van der Waals surface area contributed by atoms with E-state index in [0.717, 1.165) is 31.1 Å². The lowest BCUT2D eigenvalue weighted by atomic mass is 10.1. The number of aromatic nitrogens is 2. The average Bonchev–Trinajstić information content (AvgIpc) is 3.45. The minimum atomic E-state index is 0.804. The highest BCUT2D eigenvalue weighted by Crippen LogP contribution is 2.24. The Kier molecular flexibility index (Phi) is 7.44. The molecule has 0 atom stereocenters. The molecule has 0 N–H and O–H groups in total. The van der Waals surface area contributed by atoms with Gasteiger partial charge in [-0.15, -0.1) is 0 Å².